The second kappa shape index (κ2) is 6.65. The predicted octanol–water partition coefficient (Wildman–Crippen LogP) is 2.46. The highest BCUT2D eigenvalue weighted by molar-refractivity contribution is 7.11. The van der Waals surface area contributed by atoms with Gasteiger partial charge in [-0.1, -0.05) is 13.8 Å². The Hall–Kier alpha value is -1.43. The SMILES string of the molecule is Cc1ncsc1C(=O)NCCC(C)(C)CCC(=O)O. The van der Waals surface area contributed by atoms with Crippen LogP contribution in [0.2, 0.25) is 0 Å². The second-order valence-electron chi connectivity index (χ2n) is 5.33. The Morgan fingerprint density at radius 3 is 2.63 bits per heavy atom. The van der Waals surface area contributed by atoms with E-state index in [0.717, 1.165) is 12.1 Å². The van der Waals surface area contributed by atoms with Crippen molar-refractivity contribution in [3.05, 3.63) is 16.1 Å². The summed E-state index contributed by atoms with van der Waals surface area (Å²) >= 11 is 1.33. The summed E-state index contributed by atoms with van der Waals surface area (Å²) in [5, 5.41) is 11.5. The van der Waals surface area contributed by atoms with Crippen LogP contribution >= 0.6 is 11.3 Å². The van der Waals surface area contributed by atoms with Crippen LogP contribution in [-0.4, -0.2) is 28.5 Å². The monoisotopic (exact) mass is 284 g/mol. The van der Waals surface area contributed by atoms with Gasteiger partial charge in [0, 0.05) is 13.0 Å². The van der Waals surface area contributed by atoms with Crippen molar-refractivity contribution in [1.82, 2.24) is 10.3 Å². The summed E-state index contributed by atoms with van der Waals surface area (Å²) in [5.74, 6) is -0.883. The summed E-state index contributed by atoms with van der Waals surface area (Å²) < 4.78 is 0. The Labute approximate surface area is 117 Å². The minimum absolute atomic E-state index is 0.0889. The summed E-state index contributed by atoms with van der Waals surface area (Å²) in [6.07, 6.45) is 1.52. The molecule has 1 amide bonds. The zero-order valence-electron chi connectivity index (χ0n) is 11.5. The average molecular weight is 284 g/mol. The molecule has 19 heavy (non-hydrogen) atoms. The molecule has 1 heterocycles. The molecule has 0 aliphatic carbocycles. The van der Waals surface area contributed by atoms with Crippen molar-refractivity contribution in [3.8, 4) is 0 Å². The molecule has 0 aliphatic rings. The summed E-state index contributed by atoms with van der Waals surface area (Å²) in [7, 11) is 0. The number of nitrogens with one attached hydrogen (secondary N) is 1. The van der Waals surface area contributed by atoms with Crippen molar-refractivity contribution >= 4 is 23.2 Å². The highest BCUT2D eigenvalue weighted by Gasteiger charge is 2.19. The maximum Gasteiger partial charge on any atom is 0.303 e. The molecule has 0 fully saturated rings. The van der Waals surface area contributed by atoms with Crippen LogP contribution in [0.5, 0.6) is 0 Å². The van der Waals surface area contributed by atoms with E-state index in [9.17, 15) is 9.59 Å². The molecule has 0 saturated heterocycles. The lowest BCUT2D eigenvalue weighted by Crippen LogP contribution is -2.28. The van der Waals surface area contributed by atoms with Gasteiger partial charge < -0.3 is 10.4 Å². The number of aryl methyl sites for hydroxylation is 1. The number of hydrogen-bond acceptors (Lipinski definition) is 4. The number of carbonyl (C=O) groups is 2. The molecular weight excluding hydrogens is 264 g/mol. The topological polar surface area (TPSA) is 79.3 Å². The molecule has 0 atom stereocenters. The van der Waals surface area contributed by atoms with Crippen molar-refractivity contribution in [2.45, 2.75) is 40.0 Å². The maximum atomic E-state index is 11.8. The van der Waals surface area contributed by atoms with E-state index in [0.29, 0.717) is 17.8 Å². The number of hydrogen-bond donors (Lipinski definition) is 2. The van der Waals surface area contributed by atoms with E-state index >= 15 is 0 Å². The van der Waals surface area contributed by atoms with Gasteiger partial charge in [-0.2, -0.15) is 0 Å². The molecule has 0 bridgehead atoms. The van der Waals surface area contributed by atoms with Crippen LogP contribution in [-0.2, 0) is 4.79 Å². The number of aromatic nitrogens is 1. The van der Waals surface area contributed by atoms with Crippen LogP contribution in [0.4, 0.5) is 0 Å². The third kappa shape index (κ3) is 5.38. The van der Waals surface area contributed by atoms with Crippen LogP contribution in [0.15, 0.2) is 5.51 Å². The van der Waals surface area contributed by atoms with Crippen molar-refractivity contribution in [2.24, 2.45) is 5.41 Å². The number of carbonyl (C=O) groups excluding carboxylic acids is 1. The molecule has 0 spiro atoms. The minimum Gasteiger partial charge on any atom is -0.481 e. The number of rotatable bonds is 7. The zero-order valence-corrected chi connectivity index (χ0v) is 12.3. The lowest BCUT2D eigenvalue weighted by atomic mass is 9.84. The number of carboxylic acid groups (broad SMARTS) is 1. The molecule has 1 aromatic heterocycles. The standard InChI is InChI=1S/C13H20N2O3S/c1-9-11(19-8-15-9)12(18)14-7-6-13(2,3)5-4-10(16)17/h8H,4-7H2,1-3H3,(H,14,18)(H,16,17). The van der Waals surface area contributed by atoms with Gasteiger partial charge in [0.05, 0.1) is 11.2 Å². The molecule has 0 aromatic carbocycles. The molecule has 0 saturated carbocycles. The van der Waals surface area contributed by atoms with Crippen LogP contribution in [0.1, 0.15) is 48.5 Å². The molecule has 0 aliphatic heterocycles. The van der Waals surface area contributed by atoms with E-state index in [1.165, 1.54) is 11.3 Å². The summed E-state index contributed by atoms with van der Waals surface area (Å²) in [6, 6.07) is 0. The van der Waals surface area contributed by atoms with E-state index in [2.05, 4.69) is 10.3 Å². The van der Waals surface area contributed by atoms with Crippen LogP contribution in [0.25, 0.3) is 0 Å². The first-order valence-electron chi connectivity index (χ1n) is 6.22. The van der Waals surface area contributed by atoms with E-state index in [1.807, 2.05) is 20.8 Å². The Morgan fingerprint density at radius 2 is 2.11 bits per heavy atom. The van der Waals surface area contributed by atoms with Gasteiger partial charge >= 0.3 is 5.97 Å². The van der Waals surface area contributed by atoms with Gasteiger partial charge in [0.1, 0.15) is 4.88 Å². The molecule has 5 nitrogen and oxygen atoms in total. The Morgan fingerprint density at radius 1 is 1.42 bits per heavy atom. The van der Waals surface area contributed by atoms with Crippen molar-refractivity contribution < 1.29 is 14.7 Å². The normalized spacial score (nSPS) is 11.3. The number of amides is 1. The van der Waals surface area contributed by atoms with Crippen molar-refractivity contribution in [2.75, 3.05) is 6.54 Å². The number of nitrogens with zero attached hydrogens (tertiary/aromatic N) is 1. The van der Waals surface area contributed by atoms with Gasteiger partial charge in [0.15, 0.2) is 0 Å². The molecule has 106 valence electrons. The van der Waals surface area contributed by atoms with Crippen LogP contribution in [0, 0.1) is 12.3 Å². The van der Waals surface area contributed by atoms with Gasteiger partial charge in [0.25, 0.3) is 5.91 Å². The lowest BCUT2D eigenvalue weighted by molar-refractivity contribution is -0.137. The number of aliphatic carboxylic acids is 1. The Bertz CT molecular complexity index is 454. The van der Waals surface area contributed by atoms with E-state index in [1.54, 1.807) is 5.51 Å². The van der Waals surface area contributed by atoms with Crippen molar-refractivity contribution in [1.29, 1.82) is 0 Å². The Kier molecular flexibility index (Phi) is 5.47. The maximum absolute atomic E-state index is 11.8. The van der Waals surface area contributed by atoms with Gasteiger partial charge in [-0.25, -0.2) is 4.98 Å². The van der Waals surface area contributed by atoms with Gasteiger partial charge in [-0.05, 0) is 25.2 Å². The van der Waals surface area contributed by atoms with Gasteiger partial charge in [-0.3, -0.25) is 9.59 Å². The molecular formula is C13H20N2O3S. The van der Waals surface area contributed by atoms with E-state index in [4.69, 9.17) is 5.11 Å². The summed E-state index contributed by atoms with van der Waals surface area (Å²) in [6.45, 7) is 6.38. The molecule has 0 radical (unpaired) electrons. The van der Waals surface area contributed by atoms with E-state index in [-0.39, 0.29) is 17.7 Å². The zero-order chi connectivity index (χ0) is 14.5. The number of thiazole rings is 1. The summed E-state index contributed by atoms with van der Waals surface area (Å²) in [4.78, 5) is 27.1. The van der Waals surface area contributed by atoms with Gasteiger partial charge in [0.2, 0.25) is 0 Å². The molecule has 1 rings (SSSR count). The smallest absolute Gasteiger partial charge is 0.303 e. The van der Waals surface area contributed by atoms with Gasteiger partial charge in [-0.15, -0.1) is 11.3 Å². The van der Waals surface area contributed by atoms with Crippen LogP contribution in [0.3, 0.4) is 0 Å². The molecule has 0 unspecified atom stereocenters. The second-order valence-corrected chi connectivity index (χ2v) is 6.19. The molecule has 6 heteroatoms. The third-order valence-corrected chi connectivity index (χ3v) is 3.98. The summed E-state index contributed by atoms with van der Waals surface area (Å²) in [5.41, 5.74) is 2.31. The highest BCUT2D eigenvalue weighted by Crippen LogP contribution is 2.26. The quantitative estimate of drug-likeness (QED) is 0.806. The fourth-order valence-corrected chi connectivity index (χ4v) is 2.40. The molecule has 2 N–H and O–H groups in total. The predicted molar refractivity (Wildman–Crippen MR) is 74.5 cm³/mol. The Balaban J connectivity index is 2.35. The number of carboxylic acids is 1. The first-order chi connectivity index (χ1) is 8.82. The lowest BCUT2D eigenvalue weighted by Gasteiger charge is -2.23. The van der Waals surface area contributed by atoms with Crippen LogP contribution < -0.4 is 5.32 Å². The fraction of sp³-hybridized carbons (Fsp3) is 0.615. The fourth-order valence-electron chi connectivity index (χ4n) is 1.68. The first kappa shape index (κ1) is 15.6. The van der Waals surface area contributed by atoms with E-state index < -0.39 is 5.97 Å². The highest BCUT2D eigenvalue weighted by atomic mass is 32.1. The third-order valence-electron chi connectivity index (χ3n) is 3.05. The minimum atomic E-state index is -0.780. The molecule has 1 aromatic rings. The largest absolute Gasteiger partial charge is 0.481 e. The van der Waals surface area contributed by atoms with Crippen molar-refractivity contribution in [3.63, 3.8) is 0 Å². The average Bonchev–Trinajstić information content (AvgIpc) is 2.73. The first-order valence-corrected chi connectivity index (χ1v) is 7.10.